The van der Waals surface area contributed by atoms with Crippen molar-refractivity contribution in [3.63, 3.8) is 0 Å². The Labute approximate surface area is 223 Å². The summed E-state index contributed by atoms with van der Waals surface area (Å²) >= 11 is 0. The third-order valence-electron chi connectivity index (χ3n) is 5.68. The number of rotatable bonds is 18. The molecule has 13 heteroatoms. The van der Waals surface area contributed by atoms with Gasteiger partial charge < -0.3 is 33.9 Å². The molecule has 2 atom stereocenters. The van der Waals surface area contributed by atoms with Crippen LogP contribution in [-0.4, -0.2) is 68.0 Å². The van der Waals surface area contributed by atoms with Crippen molar-refractivity contribution in [3.05, 3.63) is 43.0 Å². The molecular weight excluding hydrogens is 511 g/mol. The smallest absolute Gasteiger partial charge is 0.413 e. The van der Waals surface area contributed by atoms with Gasteiger partial charge in [-0.3, -0.25) is 0 Å². The Morgan fingerprint density at radius 1 is 1.05 bits per heavy atom. The zero-order chi connectivity index (χ0) is 27.4. The number of fused-ring (bicyclic) bond motifs is 1. The lowest BCUT2D eigenvalue weighted by atomic mass is 10.3. The molecule has 1 aromatic carbocycles. The molecule has 0 aliphatic rings. The maximum absolute atomic E-state index is 13.4. The molecule has 0 spiro atoms. The Bertz CT molecular complexity index is 1140. The van der Waals surface area contributed by atoms with Crippen LogP contribution in [0.3, 0.4) is 0 Å². The zero-order valence-electron chi connectivity index (χ0n) is 22.3. The van der Waals surface area contributed by atoms with E-state index in [-0.39, 0.29) is 25.1 Å². The van der Waals surface area contributed by atoms with Gasteiger partial charge in [-0.25, -0.2) is 19.5 Å². The Kier molecular flexibility index (Phi) is 11.9. The summed E-state index contributed by atoms with van der Waals surface area (Å²) in [6.07, 6.45) is 5.53. The molecule has 210 valence electrons. The van der Waals surface area contributed by atoms with Crippen molar-refractivity contribution < 1.29 is 28.2 Å². The summed E-state index contributed by atoms with van der Waals surface area (Å²) in [6.45, 7) is 7.11. The maximum atomic E-state index is 13.4. The highest BCUT2D eigenvalue weighted by molar-refractivity contribution is 7.50. The van der Waals surface area contributed by atoms with Crippen molar-refractivity contribution in [1.29, 1.82) is 0 Å². The molecule has 2 aromatic heterocycles. The fraction of sp³-hybridized carbons (Fsp3) is 0.560. The van der Waals surface area contributed by atoms with E-state index in [1.807, 2.05) is 6.92 Å². The molecule has 0 bridgehead atoms. The number of nitrogens with two attached hydrogens (primary N) is 1. The number of imidazole rings is 1. The molecule has 3 aromatic rings. The number of nitrogens with zero attached hydrogens (tertiary/aromatic N) is 5. The zero-order valence-corrected chi connectivity index (χ0v) is 23.2. The summed E-state index contributed by atoms with van der Waals surface area (Å²) in [7, 11) is -4.34. The van der Waals surface area contributed by atoms with Crippen LogP contribution in [0.1, 0.15) is 46.5 Å². The first-order valence-electron chi connectivity index (χ1n) is 12.9. The van der Waals surface area contributed by atoms with E-state index in [9.17, 15) is 9.46 Å². The predicted molar refractivity (Wildman–Crippen MR) is 144 cm³/mol. The average Bonchev–Trinajstić information content (AvgIpc) is 3.30. The number of hydrogen-bond donors (Lipinski definition) is 2. The van der Waals surface area contributed by atoms with Gasteiger partial charge in [0.15, 0.2) is 17.8 Å². The summed E-state index contributed by atoms with van der Waals surface area (Å²) in [5.74, 6) is 0.568. The van der Waals surface area contributed by atoms with Gasteiger partial charge in [-0.05, 0) is 31.9 Å². The maximum Gasteiger partial charge on any atom is 0.460 e. The van der Waals surface area contributed by atoms with Crippen LogP contribution in [0.25, 0.3) is 11.2 Å². The van der Waals surface area contributed by atoms with Gasteiger partial charge in [0.1, 0.15) is 24.3 Å². The Morgan fingerprint density at radius 2 is 1.74 bits per heavy atom. The summed E-state index contributed by atoms with van der Waals surface area (Å²) in [6, 6.07) is 8.50. The average molecular weight is 551 g/mol. The highest BCUT2D eigenvalue weighted by atomic mass is 31.2. The first-order chi connectivity index (χ1) is 18.3. The van der Waals surface area contributed by atoms with Crippen LogP contribution in [0.2, 0.25) is 0 Å². The lowest BCUT2D eigenvalue weighted by Crippen LogP contribution is -2.37. The molecule has 0 saturated heterocycles. The largest absolute Gasteiger partial charge is 0.460 e. The van der Waals surface area contributed by atoms with Crippen LogP contribution in [0.15, 0.2) is 43.0 Å². The van der Waals surface area contributed by atoms with E-state index in [4.69, 9.17) is 24.5 Å². The van der Waals surface area contributed by atoms with Gasteiger partial charge in [0, 0.05) is 13.2 Å². The number of nitrogen functional groups attached to an aromatic ring is 1. The molecule has 0 saturated carbocycles. The number of ether oxygens (including phenoxy) is 3. The number of aromatic nitrogens is 4. The normalized spacial score (nSPS) is 14.3. The highest BCUT2D eigenvalue weighted by Gasteiger charge is 2.35. The summed E-state index contributed by atoms with van der Waals surface area (Å²) in [5, 5.41) is 0. The van der Waals surface area contributed by atoms with Crippen LogP contribution in [0.5, 0.6) is 5.75 Å². The molecule has 3 rings (SSSR count). The number of para-hydroxylation sites is 1. The van der Waals surface area contributed by atoms with Crippen LogP contribution >= 0.6 is 7.75 Å². The van der Waals surface area contributed by atoms with E-state index in [2.05, 4.69) is 28.8 Å². The van der Waals surface area contributed by atoms with Gasteiger partial charge in [0.05, 0.1) is 25.5 Å². The quantitative estimate of drug-likeness (QED) is 0.133. The van der Waals surface area contributed by atoms with E-state index in [1.54, 1.807) is 41.2 Å². The van der Waals surface area contributed by atoms with E-state index >= 15 is 0 Å². The van der Waals surface area contributed by atoms with Crippen molar-refractivity contribution >= 4 is 24.7 Å². The van der Waals surface area contributed by atoms with Gasteiger partial charge in [-0.15, -0.1) is 0 Å². The second-order valence-corrected chi connectivity index (χ2v) is 10.6. The van der Waals surface area contributed by atoms with Gasteiger partial charge in [0.25, 0.3) is 0 Å². The first kappa shape index (κ1) is 29.9. The molecule has 0 amide bonds. The minimum atomic E-state index is -4.34. The molecule has 0 aliphatic heterocycles. The number of hydrogen-bond acceptors (Lipinski definition) is 9. The van der Waals surface area contributed by atoms with E-state index in [1.165, 1.54) is 11.0 Å². The number of anilines is 1. The minimum absolute atomic E-state index is 0.0154. The Hall–Kier alpha value is -2.60. The summed E-state index contributed by atoms with van der Waals surface area (Å²) in [5.41, 5.74) is 6.97. The van der Waals surface area contributed by atoms with Crippen LogP contribution < -0.4 is 10.3 Å². The molecule has 0 aliphatic carbocycles. The molecular formula is C25H39N6O6P. The molecule has 0 fully saturated rings. The minimum Gasteiger partial charge on any atom is -0.413 e. The third-order valence-corrected chi connectivity index (χ3v) is 7.12. The fourth-order valence-electron chi connectivity index (χ4n) is 3.52. The second-order valence-electron chi connectivity index (χ2n) is 8.90. The molecule has 0 radical (unpaired) electrons. The summed E-state index contributed by atoms with van der Waals surface area (Å²) < 4.78 is 39.8. The van der Waals surface area contributed by atoms with Crippen molar-refractivity contribution in [2.75, 3.05) is 32.2 Å². The lowest BCUT2D eigenvalue weighted by molar-refractivity contribution is -0.155. The van der Waals surface area contributed by atoms with E-state index < -0.39 is 14.0 Å². The Balaban J connectivity index is 1.72. The SMILES string of the molecule is CCCCOC(CN(CO[C@H](C)Cn1cnc2c(N)ncnc21)P(=O)(O)Oc1ccccc1)OCCCC. The molecule has 1 unspecified atom stereocenters. The van der Waals surface area contributed by atoms with Crippen molar-refractivity contribution in [3.8, 4) is 5.75 Å². The van der Waals surface area contributed by atoms with Crippen molar-refractivity contribution in [2.45, 2.75) is 65.4 Å². The second kappa shape index (κ2) is 15.1. The van der Waals surface area contributed by atoms with E-state index in [0.717, 1.165) is 25.7 Å². The number of benzene rings is 1. The molecule has 12 nitrogen and oxygen atoms in total. The van der Waals surface area contributed by atoms with Gasteiger partial charge in [-0.2, -0.15) is 4.67 Å². The molecule has 38 heavy (non-hydrogen) atoms. The first-order valence-corrected chi connectivity index (χ1v) is 14.5. The van der Waals surface area contributed by atoms with Crippen molar-refractivity contribution in [2.24, 2.45) is 0 Å². The highest BCUT2D eigenvalue weighted by Crippen LogP contribution is 2.46. The van der Waals surface area contributed by atoms with Crippen LogP contribution in [0.4, 0.5) is 5.82 Å². The van der Waals surface area contributed by atoms with E-state index in [0.29, 0.717) is 36.7 Å². The molecule has 3 N–H and O–H groups in total. The van der Waals surface area contributed by atoms with Crippen LogP contribution in [0, 0.1) is 0 Å². The van der Waals surface area contributed by atoms with Crippen LogP contribution in [-0.2, 0) is 25.3 Å². The lowest BCUT2D eigenvalue weighted by Gasteiger charge is -2.30. The number of unbranched alkanes of at least 4 members (excludes halogenated alkanes) is 2. The monoisotopic (exact) mass is 550 g/mol. The van der Waals surface area contributed by atoms with Gasteiger partial charge in [0.2, 0.25) is 0 Å². The Morgan fingerprint density at radius 3 is 2.39 bits per heavy atom. The van der Waals surface area contributed by atoms with Gasteiger partial charge >= 0.3 is 7.75 Å². The molecule has 2 heterocycles. The fourth-order valence-corrected chi connectivity index (χ4v) is 4.59. The standard InChI is InChI=1S/C25H39N6O6P/c1-4-6-13-34-22(35-14-7-5-2)16-31(38(32,33)37-21-11-9-8-10-12-21)19-36-20(3)15-30-18-29-23-24(26)27-17-28-25(23)30/h8-12,17-18,20,22H,4-7,13-16,19H2,1-3H3,(H,32,33)(H2,26,27,28)/t20-/m1/s1. The third kappa shape index (κ3) is 9.00. The van der Waals surface area contributed by atoms with Crippen molar-refractivity contribution in [1.82, 2.24) is 24.2 Å². The van der Waals surface area contributed by atoms with Gasteiger partial charge in [-0.1, -0.05) is 44.9 Å². The topological polar surface area (TPSA) is 147 Å². The predicted octanol–water partition coefficient (Wildman–Crippen LogP) is 4.21. The summed E-state index contributed by atoms with van der Waals surface area (Å²) in [4.78, 5) is 23.5.